The number of halogens is 1. The predicted octanol–water partition coefficient (Wildman–Crippen LogP) is 5.09. The molecule has 134 valence electrons. The van der Waals surface area contributed by atoms with Gasteiger partial charge in [-0.05, 0) is 59.1 Å². The molecule has 1 aromatic heterocycles. The zero-order valence-corrected chi connectivity index (χ0v) is 16.8. The van der Waals surface area contributed by atoms with Gasteiger partial charge < -0.3 is 9.64 Å². The van der Waals surface area contributed by atoms with Crippen LogP contribution < -0.4 is 4.74 Å². The minimum absolute atomic E-state index is 0.0687. The second kappa shape index (κ2) is 7.37. The maximum Gasteiger partial charge on any atom is 0.253 e. The first-order valence-corrected chi connectivity index (χ1v) is 10.2. The first kappa shape index (κ1) is 17.5. The molecule has 26 heavy (non-hydrogen) atoms. The molecule has 0 radical (unpaired) electrons. The van der Waals surface area contributed by atoms with Gasteiger partial charge in [0.05, 0.1) is 26.8 Å². The average molecular weight is 431 g/mol. The number of fused-ring (bicyclic) bond motifs is 1. The van der Waals surface area contributed by atoms with E-state index in [1.807, 2.05) is 35.2 Å². The number of rotatable bonds is 3. The van der Waals surface area contributed by atoms with Gasteiger partial charge in [-0.25, -0.2) is 4.98 Å². The van der Waals surface area contributed by atoms with Gasteiger partial charge in [-0.2, -0.15) is 0 Å². The molecule has 2 heterocycles. The summed E-state index contributed by atoms with van der Waals surface area (Å²) >= 11 is 5.21. The molecule has 0 N–H and O–H groups in total. The largest absolute Gasteiger partial charge is 0.496 e. The molecule has 1 amide bonds. The van der Waals surface area contributed by atoms with Gasteiger partial charge in [-0.3, -0.25) is 4.79 Å². The van der Waals surface area contributed by atoms with Gasteiger partial charge in [-0.15, -0.1) is 11.3 Å². The van der Waals surface area contributed by atoms with Gasteiger partial charge in [0, 0.05) is 24.6 Å². The van der Waals surface area contributed by atoms with Crippen LogP contribution in [0.2, 0.25) is 0 Å². The molecule has 0 bridgehead atoms. The van der Waals surface area contributed by atoms with E-state index in [0.29, 0.717) is 11.5 Å². The van der Waals surface area contributed by atoms with Crippen molar-refractivity contribution in [2.75, 3.05) is 20.2 Å². The van der Waals surface area contributed by atoms with Crippen molar-refractivity contribution in [1.82, 2.24) is 9.88 Å². The van der Waals surface area contributed by atoms with Gasteiger partial charge in [-0.1, -0.05) is 12.1 Å². The summed E-state index contributed by atoms with van der Waals surface area (Å²) in [6.45, 7) is 1.52. The number of para-hydroxylation sites is 1. The second-order valence-electron chi connectivity index (χ2n) is 6.46. The van der Waals surface area contributed by atoms with Crippen LogP contribution in [0.3, 0.4) is 0 Å². The Bertz CT molecular complexity index is 923. The standard InChI is InChI=1S/C20H19BrN2O2S/c1-25-17-9-8-13(11-15(17)21)20(24)23-10-4-5-14(12-23)19-22-16-6-2-3-7-18(16)26-19/h2-3,6-9,11,14H,4-5,10,12H2,1H3. The Balaban J connectivity index is 1.54. The predicted molar refractivity (Wildman–Crippen MR) is 108 cm³/mol. The normalized spacial score (nSPS) is 17.5. The average Bonchev–Trinajstić information content (AvgIpc) is 3.12. The Morgan fingerprint density at radius 1 is 1.31 bits per heavy atom. The first-order valence-electron chi connectivity index (χ1n) is 8.64. The van der Waals surface area contributed by atoms with Crippen molar-refractivity contribution < 1.29 is 9.53 Å². The zero-order valence-electron chi connectivity index (χ0n) is 14.4. The molecule has 1 saturated heterocycles. The number of aromatic nitrogens is 1. The van der Waals surface area contributed by atoms with Crippen molar-refractivity contribution in [2.45, 2.75) is 18.8 Å². The summed E-state index contributed by atoms with van der Waals surface area (Å²) in [6.07, 6.45) is 2.08. The molecule has 3 aromatic rings. The Kier molecular flexibility index (Phi) is 4.96. The molecule has 1 unspecified atom stereocenters. The number of carbonyl (C=O) groups is 1. The molecule has 1 atom stereocenters. The monoisotopic (exact) mass is 430 g/mol. The smallest absolute Gasteiger partial charge is 0.253 e. The van der Waals surface area contributed by atoms with Crippen LogP contribution in [0.1, 0.15) is 34.1 Å². The van der Waals surface area contributed by atoms with E-state index in [0.717, 1.165) is 46.7 Å². The van der Waals surface area contributed by atoms with Crippen molar-refractivity contribution in [3.8, 4) is 5.75 Å². The van der Waals surface area contributed by atoms with Gasteiger partial charge in [0.15, 0.2) is 0 Å². The van der Waals surface area contributed by atoms with Crippen LogP contribution in [0.25, 0.3) is 10.2 Å². The summed E-state index contributed by atoms with van der Waals surface area (Å²) in [4.78, 5) is 19.7. The Morgan fingerprint density at radius 3 is 2.92 bits per heavy atom. The van der Waals surface area contributed by atoms with Crippen molar-refractivity contribution >= 4 is 43.4 Å². The molecule has 4 rings (SSSR count). The van der Waals surface area contributed by atoms with E-state index < -0.39 is 0 Å². The lowest BCUT2D eigenvalue weighted by Crippen LogP contribution is -2.39. The fourth-order valence-electron chi connectivity index (χ4n) is 3.41. The molecule has 0 spiro atoms. The number of ether oxygens (including phenoxy) is 1. The summed E-state index contributed by atoms with van der Waals surface area (Å²) in [5, 5.41) is 1.14. The minimum atomic E-state index is 0.0687. The Labute approximate surface area is 164 Å². The number of piperidine rings is 1. The maximum absolute atomic E-state index is 12.9. The topological polar surface area (TPSA) is 42.4 Å². The second-order valence-corrected chi connectivity index (χ2v) is 8.38. The van der Waals surface area contributed by atoms with Crippen LogP contribution in [0.4, 0.5) is 0 Å². The molecule has 2 aromatic carbocycles. The van der Waals surface area contributed by atoms with Crippen LogP contribution in [0.5, 0.6) is 5.75 Å². The van der Waals surface area contributed by atoms with Crippen molar-refractivity contribution in [2.24, 2.45) is 0 Å². The lowest BCUT2D eigenvalue weighted by Gasteiger charge is -2.32. The number of methoxy groups -OCH3 is 1. The number of benzene rings is 2. The lowest BCUT2D eigenvalue weighted by atomic mass is 9.98. The highest BCUT2D eigenvalue weighted by molar-refractivity contribution is 9.10. The third-order valence-corrected chi connectivity index (χ3v) is 6.59. The minimum Gasteiger partial charge on any atom is -0.496 e. The summed E-state index contributed by atoms with van der Waals surface area (Å²) in [6, 6.07) is 13.7. The van der Waals surface area contributed by atoms with E-state index in [1.165, 1.54) is 4.70 Å². The fraction of sp³-hybridized carbons (Fsp3) is 0.300. The van der Waals surface area contributed by atoms with Crippen LogP contribution in [0.15, 0.2) is 46.9 Å². The maximum atomic E-state index is 12.9. The molecular weight excluding hydrogens is 412 g/mol. The van der Waals surface area contributed by atoms with E-state index >= 15 is 0 Å². The van der Waals surface area contributed by atoms with Crippen molar-refractivity contribution in [1.29, 1.82) is 0 Å². The summed E-state index contributed by atoms with van der Waals surface area (Å²) in [7, 11) is 1.62. The van der Waals surface area contributed by atoms with E-state index in [4.69, 9.17) is 9.72 Å². The quantitative estimate of drug-likeness (QED) is 0.581. The van der Waals surface area contributed by atoms with Crippen LogP contribution in [0, 0.1) is 0 Å². The van der Waals surface area contributed by atoms with Gasteiger partial charge in [0.2, 0.25) is 0 Å². The van der Waals surface area contributed by atoms with Gasteiger partial charge in [0.1, 0.15) is 5.75 Å². The van der Waals surface area contributed by atoms with Crippen LogP contribution in [-0.2, 0) is 0 Å². The number of carbonyl (C=O) groups excluding carboxylic acids is 1. The van der Waals surface area contributed by atoms with Gasteiger partial charge >= 0.3 is 0 Å². The van der Waals surface area contributed by atoms with Crippen LogP contribution in [-0.4, -0.2) is 36.0 Å². The first-order chi connectivity index (χ1) is 12.7. The third-order valence-electron chi connectivity index (χ3n) is 4.77. The number of hydrogen-bond acceptors (Lipinski definition) is 4. The molecule has 6 heteroatoms. The van der Waals surface area contributed by atoms with Crippen LogP contribution >= 0.6 is 27.3 Å². The summed E-state index contributed by atoms with van der Waals surface area (Å²) < 4.78 is 7.26. The third kappa shape index (κ3) is 3.35. The highest BCUT2D eigenvalue weighted by Crippen LogP contribution is 2.34. The SMILES string of the molecule is COc1ccc(C(=O)N2CCCC(c3nc4ccccc4s3)C2)cc1Br. The highest BCUT2D eigenvalue weighted by atomic mass is 79.9. The van der Waals surface area contributed by atoms with E-state index in [-0.39, 0.29) is 5.91 Å². The Morgan fingerprint density at radius 2 is 2.15 bits per heavy atom. The molecule has 1 fully saturated rings. The van der Waals surface area contributed by atoms with Crippen molar-refractivity contribution in [3.63, 3.8) is 0 Å². The molecule has 0 saturated carbocycles. The Hall–Kier alpha value is -1.92. The number of hydrogen-bond donors (Lipinski definition) is 0. The number of amides is 1. The molecule has 1 aliphatic heterocycles. The molecule has 4 nitrogen and oxygen atoms in total. The molecular formula is C20H19BrN2O2S. The van der Waals surface area contributed by atoms with Crippen molar-refractivity contribution in [3.05, 3.63) is 57.5 Å². The lowest BCUT2D eigenvalue weighted by molar-refractivity contribution is 0.0707. The zero-order chi connectivity index (χ0) is 18.1. The number of thiazole rings is 1. The van der Waals surface area contributed by atoms with E-state index in [2.05, 4.69) is 28.1 Å². The number of likely N-dealkylation sites (tertiary alicyclic amines) is 1. The van der Waals surface area contributed by atoms with Gasteiger partial charge in [0.25, 0.3) is 5.91 Å². The number of nitrogens with zero attached hydrogens (tertiary/aromatic N) is 2. The fourth-order valence-corrected chi connectivity index (χ4v) is 5.04. The summed E-state index contributed by atoms with van der Waals surface area (Å²) in [5.74, 6) is 1.11. The van der Waals surface area contributed by atoms with E-state index in [1.54, 1.807) is 18.4 Å². The molecule has 0 aliphatic carbocycles. The molecule has 1 aliphatic rings. The summed E-state index contributed by atoms with van der Waals surface area (Å²) in [5.41, 5.74) is 1.73. The van der Waals surface area contributed by atoms with E-state index in [9.17, 15) is 4.79 Å². The highest BCUT2D eigenvalue weighted by Gasteiger charge is 2.27.